The molecule has 3 fully saturated rings. The maximum atomic E-state index is 13.2. The van der Waals surface area contributed by atoms with Gasteiger partial charge in [0.1, 0.15) is 11.2 Å². The number of nitrogen functional groups attached to an aromatic ring is 1. The van der Waals surface area contributed by atoms with E-state index in [-0.39, 0.29) is 17.9 Å². The van der Waals surface area contributed by atoms with Crippen molar-refractivity contribution in [1.29, 1.82) is 5.26 Å². The molecule has 2 atom stereocenters. The van der Waals surface area contributed by atoms with Crippen LogP contribution in [0.1, 0.15) is 25.7 Å². The lowest BCUT2D eigenvalue weighted by atomic mass is 9.80. The minimum Gasteiger partial charge on any atom is -0.381 e. The van der Waals surface area contributed by atoms with Gasteiger partial charge in [-0.3, -0.25) is 4.79 Å². The SMILES string of the molecule is N#CC1(C(=O)N2C[C@H](Nc3ccnc(N)n3)[C@@H](C3CC3)C2)CCOCC1. The molecule has 4 rings (SSSR count). The largest absolute Gasteiger partial charge is 0.381 e. The van der Waals surface area contributed by atoms with Crippen molar-refractivity contribution in [2.45, 2.75) is 31.7 Å². The van der Waals surface area contributed by atoms with Crippen LogP contribution in [0.25, 0.3) is 0 Å². The van der Waals surface area contributed by atoms with Crippen LogP contribution in [0.15, 0.2) is 12.3 Å². The van der Waals surface area contributed by atoms with Gasteiger partial charge in [0.05, 0.1) is 6.07 Å². The fraction of sp³-hybridized carbons (Fsp3) is 0.667. The first-order valence-corrected chi connectivity index (χ1v) is 9.25. The Hall–Kier alpha value is -2.40. The highest BCUT2D eigenvalue weighted by molar-refractivity contribution is 5.86. The molecule has 1 aromatic rings. The van der Waals surface area contributed by atoms with Crippen LogP contribution in [0.2, 0.25) is 0 Å². The van der Waals surface area contributed by atoms with E-state index in [1.807, 2.05) is 4.90 Å². The molecular formula is C18H24N6O2. The minimum absolute atomic E-state index is 0.0412. The Bertz CT molecular complexity index is 723. The highest BCUT2D eigenvalue weighted by atomic mass is 16.5. The number of nitrogens with one attached hydrogen (secondary N) is 1. The van der Waals surface area contributed by atoms with E-state index in [0.29, 0.717) is 56.8 Å². The fourth-order valence-corrected chi connectivity index (χ4v) is 4.19. The molecule has 1 amide bonds. The van der Waals surface area contributed by atoms with E-state index in [9.17, 15) is 10.1 Å². The van der Waals surface area contributed by atoms with Gasteiger partial charge in [-0.1, -0.05) is 0 Å². The molecule has 1 saturated carbocycles. The third-order valence-electron chi connectivity index (χ3n) is 5.86. The van der Waals surface area contributed by atoms with Gasteiger partial charge in [-0.05, 0) is 37.7 Å². The number of hydrogen-bond donors (Lipinski definition) is 2. The molecule has 3 N–H and O–H groups in total. The van der Waals surface area contributed by atoms with Crippen molar-refractivity contribution in [1.82, 2.24) is 14.9 Å². The van der Waals surface area contributed by atoms with Gasteiger partial charge in [0, 0.05) is 44.5 Å². The van der Waals surface area contributed by atoms with E-state index in [4.69, 9.17) is 10.5 Å². The Morgan fingerprint density at radius 3 is 2.81 bits per heavy atom. The monoisotopic (exact) mass is 356 g/mol. The van der Waals surface area contributed by atoms with Gasteiger partial charge >= 0.3 is 0 Å². The predicted molar refractivity (Wildman–Crippen MR) is 94.7 cm³/mol. The first kappa shape index (κ1) is 17.0. The standard InChI is InChI=1S/C18H24N6O2/c19-11-18(4-7-26-8-5-18)16(25)24-9-13(12-1-2-12)14(10-24)22-15-3-6-21-17(20)23-15/h3,6,12-14H,1-2,4-5,7-10H2,(H3,20,21,22,23)/t13-,14+/m1/s1. The van der Waals surface area contributed by atoms with Gasteiger partial charge in [0.15, 0.2) is 0 Å². The molecule has 3 aliphatic rings. The lowest BCUT2D eigenvalue weighted by molar-refractivity contribution is -0.142. The van der Waals surface area contributed by atoms with Crippen LogP contribution in [0.3, 0.4) is 0 Å². The van der Waals surface area contributed by atoms with E-state index < -0.39 is 5.41 Å². The highest BCUT2D eigenvalue weighted by Crippen LogP contribution is 2.43. The Morgan fingerprint density at radius 1 is 1.38 bits per heavy atom. The number of hydrogen-bond acceptors (Lipinski definition) is 7. The Balaban J connectivity index is 1.50. The molecule has 1 aliphatic carbocycles. The summed E-state index contributed by atoms with van der Waals surface area (Å²) in [5.74, 6) is 1.89. The number of aromatic nitrogens is 2. The highest BCUT2D eigenvalue weighted by Gasteiger charge is 2.49. The number of likely N-dealkylation sites (tertiary alicyclic amines) is 1. The average molecular weight is 356 g/mol. The van der Waals surface area contributed by atoms with Crippen LogP contribution in [0.4, 0.5) is 11.8 Å². The van der Waals surface area contributed by atoms with Gasteiger partial charge in [0.2, 0.25) is 11.9 Å². The summed E-state index contributed by atoms with van der Waals surface area (Å²) in [6.07, 6.45) is 4.99. The Kier molecular flexibility index (Phi) is 4.41. The summed E-state index contributed by atoms with van der Waals surface area (Å²) in [5.41, 5.74) is 4.74. The summed E-state index contributed by atoms with van der Waals surface area (Å²) in [6.45, 7) is 2.24. The molecule has 138 valence electrons. The number of nitriles is 1. The number of amides is 1. The maximum absolute atomic E-state index is 13.2. The van der Waals surface area contributed by atoms with Gasteiger partial charge in [-0.15, -0.1) is 0 Å². The normalized spacial score (nSPS) is 27.7. The molecule has 26 heavy (non-hydrogen) atoms. The van der Waals surface area contributed by atoms with E-state index in [1.165, 1.54) is 12.8 Å². The second-order valence-corrected chi connectivity index (χ2v) is 7.57. The van der Waals surface area contributed by atoms with Crippen molar-refractivity contribution >= 4 is 17.7 Å². The second kappa shape index (κ2) is 6.72. The summed E-state index contributed by atoms with van der Waals surface area (Å²) in [4.78, 5) is 23.2. The van der Waals surface area contributed by atoms with Gasteiger partial charge < -0.3 is 20.7 Å². The van der Waals surface area contributed by atoms with E-state index >= 15 is 0 Å². The lowest BCUT2D eigenvalue weighted by Crippen LogP contribution is -2.46. The van der Waals surface area contributed by atoms with Gasteiger partial charge in [0.25, 0.3) is 0 Å². The zero-order chi connectivity index (χ0) is 18.1. The third-order valence-corrected chi connectivity index (χ3v) is 5.86. The molecule has 8 heteroatoms. The quantitative estimate of drug-likeness (QED) is 0.827. The summed E-state index contributed by atoms with van der Waals surface area (Å²) < 4.78 is 5.36. The second-order valence-electron chi connectivity index (χ2n) is 7.57. The summed E-state index contributed by atoms with van der Waals surface area (Å²) in [6, 6.07) is 4.21. The number of ether oxygens (including phenoxy) is 1. The van der Waals surface area contributed by atoms with Crippen molar-refractivity contribution < 1.29 is 9.53 Å². The molecule has 8 nitrogen and oxygen atoms in total. The van der Waals surface area contributed by atoms with Crippen molar-refractivity contribution in [2.75, 3.05) is 37.4 Å². The smallest absolute Gasteiger partial charge is 0.243 e. The summed E-state index contributed by atoms with van der Waals surface area (Å²) >= 11 is 0. The van der Waals surface area contributed by atoms with Crippen LogP contribution in [0, 0.1) is 28.6 Å². The molecule has 0 radical (unpaired) electrons. The molecule has 2 saturated heterocycles. The van der Waals surface area contributed by atoms with Crippen LogP contribution < -0.4 is 11.1 Å². The number of anilines is 2. The van der Waals surface area contributed by atoms with E-state index in [2.05, 4.69) is 21.4 Å². The summed E-state index contributed by atoms with van der Waals surface area (Å²) in [7, 11) is 0. The fourth-order valence-electron chi connectivity index (χ4n) is 4.19. The molecule has 0 spiro atoms. The molecule has 0 unspecified atom stereocenters. The number of nitrogens with zero attached hydrogens (tertiary/aromatic N) is 4. The first-order chi connectivity index (χ1) is 12.6. The Morgan fingerprint density at radius 2 is 2.15 bits per heavy atom. The molecule has 1 aromatic heterocycles. The van der Waals surface area contributed by atoms with Crippen molar-refractivity contribution in [3.8, 4) is 6.07 Å². The minimum atomic E-state index is -0.930. The Labute approximate surface area is 152 Å². The number of nitrogens with two attached hydrogens (primary N) is 1. The third kappa shape index (κ3) is 3.19. The molecule has 3 heterocycles. The lowest BCUT2D eigenvalue weighted by Gasteiger charge is -2.33. The molecule has 0 aromatic carbocycles. The van der Waals surface area contributed by atoms with Crippen molar-refractivity contribution in [2.24, 2.45) is 17.3 Å². The van der Waals surface area contributed by atoms with Crippen LogP contribution in [-0.2, 0) is 9.53 Å². The zero-order valence-electron chi connectivity index (χ0n) is 14.7. The van der Waals surface area contributed by atoms with Crippen LogP contribution in [-0.4, -0.2) is 53.1 Å². The number of carbonyl (C=O) groups is 1. The van der Waals surface area contributed by atoms with Gasteiger partial charge in [-0.2, -0.15) is 10.2 Å². The molecule has 2 aliphatic heterocycles. The van der Waals surface area contributed by atoms with Crippen molar-refractivity contribution in [3.05, 3.63) is 12.3 Å². The van der Waals surface area contributed by atoms with Crippen molar-refractivity contribution in [3.63, 3.8) is 0 Å². The van der Waals surface area contributed by atoms with E-state index in [1.54, 1.807) is 12.3 Å². The summed E-state index contributed by atoms with van der Waals surface area (Å²) in [5, 5.41) is 13.1. The van der Waals surface area contributed by atoms with Gasteiger partial charge in [-0.25, -0.2) is 4.98 Å². The van der Waals surface area contributed by atoms with E-state index in [0.717, 1.165) is 0 Å². The maximum Gasteiger partial charge on any atom is 0.243 e. The number of carbonyl (C=O) groups excluding carboxylic acids is 1. The first-order valence-electron chi connectivity index (χ1n) is 9.25. The zero-order valence-corrected chi connectivity index (χ0v) is 14.7. The predicted octanol–water partition coefficient (Wildman–Crippen LogP) is 1.03. The van der Waals surface area contributed by atoms with Crippen LogP contribution in [0.5, 0.6) is 0 Å². The topological polar surface area (TPSA) is 117 Å². The molecular weight excluding hydrogens is 332 g/mol. The molecule has 0 bridgehead atoms. The number of rotatable bonds is 4. The average Bonchev–Trinajstić information content (AvgIpc) is 3.42. The van der Waals surface area contributed by atoms with Crippen LogP contribution >= 0.6 is 0 Å².